The summed E-state index contributed by atoms with van der Waals surface area (Å²) in [5.74, 6) is -1.51. The van der Waals surface area contributed by atoms with Crippen molar-refractivity contribution in [3.05, 3.63) is 34.9 Å². The molecule has 0 radical (unpaired) electrons. The van der Waals surface area contributed by atoms with Crippen LogP contribution in [0.5, 0.6) is 0 Å². The van der Waals surface area contributed by atoms with E-state index in [0.717, 1.165) is 12.1 Å². The molecule has 1 N–H and O–H groups in total. The molecule has 0 fully saturated rings. The summed E-state index contributed by atoms with van der Waals surface area (Å²) in [6.07, 6.45) is -0.0727. The number of hydrogen-bond donors (Lipinski definition) is 1. The molecule has 106 valence electrons. The van der Waals surface area contributed by atoms with Gasteiger partial charge >= 0.3 is 5.97 Å². The largest absolute Gasteiger partial charge is 0.469 e. The van der Waals surface area contributed by atoms with Gasteiger partial charge in [-0.25, -0.2) is 8.78 Å². The SMILES string of the molecule is CCNC(C)(CC(=O)OC)c1cc(F)c(C)cc1F. The third kappa shape index (κ3) is 3.50. The van der Waals surface area contributed by atoms with Crippen molar-refractivity contribution >= 4 is 5.97 Å². The summed E-state index contributed by atoms with van der Waals surface area (Å²) in [7, 11) is 1.26. The molecule has 0 bridgehead atoms. The Bertz CT molecular complexity index is 477. The van der Waals surface area contributed by atoms with Crippen LogP contribution in [0.2, 0.25) is 0 Å². The molecule has 0 aromatic heterocycles. The number of ether oxygens (including phenoxy) is 1. The van der Waals surface area contributed by atoms with Gasteiger partial charge in [-0.1, -0.05) is 6.92 Å². The van der Waals surface area contributed by atoms with Crippen LogP contribution in [-0.2, 0) is 15.1 Å². The summed E-state index contributed by atoms with van der Waals surface area (Å²) in [6.45, 7) is 5.49. The summed E-state index contributed by atoms with van der Waals surface area (Å²) >= 11 is 0. The van der Waals surface area contributed by atoms with Crippen LogP contribution in [0.1, 0.15) is 31.4 Å². The van der Waals surface area contributed by atoms with Crippen LogP contribution in [0.15, 0.2) is 12.1 Å². The molecule has 0 heterocycles. The lowest BCUT2D eigenvalue weighted by Crippen LogP contribution is -2.42. The summed E-state index contributed by atoms with van der Waals surface area (Å²) in [6, 6.07) is 2.27. The van der Waals surface area contributed by atoms with E-state index in [9.17, 15) is 13.6 Å². The van der Waals surface area contributed by atoms with Gasteiger partial charge in [-0.3, -0.25) is 4.79 Å². The van der Waals surface area contributed by atoms with Crippen LogP contribution in [0.3, 0.4) is 0 Å². The lowest BCUT2D eigenvalue weighted by molar-refractivity contribution is -0.142. The predicted octanol–water partition coefficient (Wildman–Crippen LogP) is 2.66. The number of hydrogen-bond acceptors (Lipinski definition) is 3. The molecular formula is C14H19F2NO2. The van der Waals surface area contributed by atoms with Crippen molar-refractivity contribution < 1.29 is 18.3 Å². The number of benzene rings is 1. The van der Waals surface area contributed by atoms with Gasteiger partial charge < -0.3 is 10.1 Å². The van der Waals surface area contributed by atoms with Crippen molar-refractivity contribution in [3.63, 3.8) is 0 Å². The van der Waals surface area contributed by atoms with Crippen molar-refractivity contribution in [3.8, 4) is 0 Å². The first-order chi connectivity index (χ1) is 8.84. The van der Waals surface area contributed by atoms with Crippen molar-refractivity contribution in [1.29, 1.82) is 0 Å². The van der Waals surface area contributed by atoms with Gasteiger partial charge in [0.25, 0.3) is 0 Å². The van der Waals surface area contributed by atoms with Gasteiger partial charge in [0.1, 0.15) is 11.6 Å². The second-order valence-corrected chi connectivity index (χ2v) is 4.70. The third-order valence-electron chi connectivity index (χ3n) is 3.14. The number of carbonyl (C=O) groups is 1. The molecule has 5 heteroatoms. The topological polar surface area (TPSA) is 38.3 Å². The van der Waals surface area contributed by atoms with Crippen molar-refractivity contribution in [2.75, 3.05) is 13.7 Å². The minimum Gasteiger partial charge on any atom is -0.469 e. The molecule has 0 saturated heterocycles. The molecule has 1 aromatic rings. The van der Waals surface area contributed by atoms with Crippen LogP contribution in [0.4, 0.5) is 8.78 Å². The van der Waals surface area contributed by atoms with Gasteiger partial charge in [0, 0.05) is 5.56 Å². The maximum Gasteiger partial charge on any atom is 0.307 e. The Kier molecular flexibility index (Phi) is 5.00. The quantitative estimate of drug-likeness (QED) is 0.837. The molecule has 3 nitrogen and oxygen atoms in total. The highest BCUT2D eigenvalue weighted by molar-refractivity contribution is 5.71. The summed E-state index contributed by atoms with van der Waals surface area (Å²) in [5, 5.41) is 3.02. The number of methoxy groups -OCH3 is 1. The van der Waals surface area contributed by atoms with Gasteiger partial charge in [0.15, 0.2) is 0 Å². The number of rotatable bonds is 5. The average molecular weight is 271 g/mol. The van der Waals surface area contributed by atoms with Crippen LogP contribution in [0, 0.1) is 18.6 Å². The molecule has 0 amide bonds. The zero-order valence-corrected chi connectivity index (χ0v) is 11.6. The molecule has 0 spiro atoms. The molecule has 1 atom stereocenters. The Morgan fingerprint density at radius 3 is 2.53 bits per heavy atom. The monoisotopic (exact) mass is 271 g/mol. The average Bonchev–Trinajstić information content (AvgIpc) is 2.33. The second kappa shape index (κ2) is 6.10. The second-order valence-electron chi connectivity index (χ2n) is 4.70. The summed E-state index contributed by atoms with van der Waals surface area (Å²) < 4.78 is 32.3. The number of aryl methyl sites for hydroxylation is 1. The molecule has 1 aromatic carbocycles. The van der Waals surface area contributed by atoms with Crippen LogP contribution >= 0.6 is 0 Å². The van der Waals surface area contributed by atoms with E-state index in [2.05, 4.69) is 10.1 Å². The zero-order chi connectivity index (χ0) is 14.6. The third-order valence-corrected chi connectivity index (χ3v) is 3.14. The van der Waals surface area contributed by atoms with Crippen molar-refractivity contribution in [1.82, 2.24) is 5.32 Å². The Balaban J connectivity index is 3.25. The minimum atomic E-state index is -1.000. The van der Waals surface area contributed by atoms with E-state index < -0.39 is 23.1 Å². The van der Waals surface area contributed by atoms with E-state index in [1.165, 1.54) is 14.0 Å². The number of halogens is 2. The predicted molar refractivity (Wildman–Crippen MR) is 68.8 cm³/mol. The molecule has 0 aliphatic heterocycles. The molecule has 1 rings (SSSR count). The minimum absolute atomic E-state index is 0.0727. The van der Waals surface area contributed by atoms with Gasteiger partial charge in [0.05, 0.1) is 19.1 Å². The first-order valence-corrected chi connectivity index (χ1v) is 6.12. The van der Waals surface area contributed by atoms with E-state index in [0.29, 0.717) is 6.54 Å². The fourth-order valence-electron chi connectivity index (χ4n) is 2.07. The zero-order valence-electron chi connectivity index (χ0n) is 11.6. The number of carbonyl (C=O) groups excluding carboxylic acids is 1. The molecule has 0 aliphatic carbocycles. The first-order valence-electron chi connectivity index (χ1n) is 6.12. The normalized spacial score (nSPS) is 14.0. The lowest BCUT2D eigenvalue weighted by Gasteiger charge is -2.30. The van der Waals surface area contributed by atoms with Crippen LogP contribution in [0.25, 0.3) is 0 Å². The van der Waals surface area contributed by atoms with Crippen molar-refractivity contribution in [2.24, 2.45) is 0 Å². The Hall–Kier alpha value is -1.49. The van der Waals surface area contributed by atoms with E-state index in [-0.39, 0.29) is 17.5 Å². The van der Waals surface area contributed by atoms with E-state index >= 15 is 0 Å². The Morgan fingerprint density at radius 1 is 1.37 bits per heavy atom. The summed E-state index contributed by atoms with van der Waals surface area (Å²) in [5.41, 5.74) is -0.637. The standard InChI is InChI=1S/C14H19F2NO2/c1-5-17-14(3,8-13(18)19-4)10-7-11(15)9(2)6-12(10)16/h6-7,17H,5,8H2,1-4H3. The van der Waals surface area contributed by atoms with Gasteiger partial charge in [0.2, 0.25) is 0 Å². The molecule has 0 saturated carbocycles. The lowest BCUT2D eigenvalue weighted by atomic mass is 9.87. The van der Waals surface area contributed by atoms with Gasteiger partial charge in [-0.05, 0) is 38.1 Å². The highest BCUT2D eigenvalue weighted by atomic mass is 19.1. The molecule has 19 heavy (non-hydrogen) atoms. The summed E-state index contributed by atoms with van der Waals surface area (Å²) in [4.78, 5) is 11.5. The van der Waals surface area contributed by atoms with E-state index in [1.807, 2.05) is 6.92 Å². The molecule has 0 aliphatic rings. The van der Waals surface area contributed by atoms with Crippen LogP contribution < -0.4 is 5.32 Å². The van der Waals surface area contributed by atoms with Gasteiger partial charge in [-0.15, -0.1) is 0 Å². The van der Waals surface area contributed by atoms with E-state index in [1.54, 1.807) is 6.92 Å². The highest BCUT2D eigenvalue weighted by Gasteiger charge is 2.32. The Morgan fingerprint density at radius 2 is 2.00 bits per heavy atom. The Labute approximate surface area is 112 Å². The highest BCUT2D eigenvalue weighted by Crippen LogP contribution is 2.29. The number of esters is 1. The molecular weight excluding hydrogens is 252 g/mol. The van der Waals surface area contributed by atoms with Gasteiger partial charge in [-0.2, -0.15) is 0 Å². The van der Waals surface area contributed by atoms with Crippen LogP contribution in [-0.4, -0.2) is 19.6 Å². The van der Waals surface area contributed by atoms with E-state index in [4.69, 9.17) is 0 Å². The first kappa shape index (κ1) is 15.6. The smallest absolute Gasteiger partial charge is 0.307 e. The van der Waals surface area contributed by atoms with Crippen molar-refractivity contribution in [2.45, 2.75) is 32.7 Å². The fraction of sp³-hybridized carbons (Fsp3) is 0.500. The molecule has 1 unspecified atom stereocenters. The fourth-order valence-corrected chi connectivity index (χ4v) is 2.07. The maximum absolute atomic E-state index is 14.0. The number of nitrogens with one attached hydrogen (secondary N) is 1. The maximum atomic E-state index is 14.0.